The molecule has 3 nitrogen and oxygen atoms in total. The van der Waals surface area contributed by atoms with Gasteiger partial charge in [0.2, 0.25) is 5.91 Å². The van der Waals surface area contributed by atoms with Gasteiger partial charge in [-0.1, -0.05) is 13.0 Å². The molecule has 0 saturated heterocycles. The molecule has 1 amide bonds. The summed E-state index contributed by atoms with van der Waals surface area (Å²) in [5.74, 6) is -1.89. The summed E-state index contributed by atoms with van der Waals surface area (Å²) >= 11 is 0. The standard InChI is InChI=1S/C12H16F2N2O/c1-3-15-7-6-10(17)16-12-9(13)5-4-8(2)11(12)14/h4-5,15H,3,6-7H2,1-2H3,(H,16,17). The van der Waals surface area contributed by atoms with Gasteiger partial charge in [0.25, 0.3) is 0 Å². The smallest absolute Gasteiger partial charge is 0.225 e. The van der Waals surface area contributed by atoms with E-state index in [0.717, 1.165) is 12.6 Å². The Labute approximate surface area is 99.2 Å². The van der Waals surface area contributed by atoms with Crippen LogP contribution in [0.2, 0.25) is 0 Å². The fraction of sp³-hybridized carbons (Fsp3) is 0.417. The molecule has 0 atom stereocenters. The van der Waals surface area contributed by atoms with E-state index in [-0.39, 0.29) is 12.1 Å². The Bertz CT molecular complexity index is 408. The number of aryl methyl sites for hydroxylation is 1. The summed E-state index contributed by atoms with van der Waals surface area (Å²) in [7, 11) is 0. The zero-order valence-corrected chi connectivity index (χ0v) is 9.94. The molecule has 1 aromatic carbocycles. The zero-order chi connectivity index (χ0) is 12.8. The lowest BCUT2D eigenvalue weighted by Gasteiger charge is -2.09. The maximum absolute atomic E-state index is 13.5. The minimum atomic E-state index is -0.759. The summed E-state index contributed by atoms with van der Waals surface area (Å²) in [6, 6.07) is 2.47. The van der Waals surface area contributed by atoms with Crippen LogP contribution in [-0.4, -0.2) is 19.0 Å². The average Bonchev–Trinajstić information content (AvgIpc) is 2.30. The predicted molar refractivity (Wildman–Crippen MR) is 62.9 cm³/mol. The van der Waals surface area contributed by atoms with Crippen LogP contribution in [0.1, 0.15) is 18.9 Å². The second-order valence-corrected chi connectivity index (χ2v) is 3.70. The molecule has 1 aromatic rings. The van der Waals surface area contributed by atoms with Crippen molar-refractivity contribution >= 4 is 11.6 Å². The summed E-state index contributed by atoms with van der Waals surface area (Å²) in [5, 5.41) is 5.21. The highest BCUT2D eigenvalue weighted by Crippen LogP contribution is 2.21. The molecule has 0 aliphatic rings. The van der Waals surface area contributed by atoms with Crippen molar-refractivity contribution in [3.8, 4) is 0 Å². The van der Waals surface area contributed by atoms with Gasteiger partial charge >= 0.3 is 0 Å². The monoisotopic (exact) mass is 242 g/mol. The van der Waals surface area contributed by atoms with Crippen LogP contribution >= 0.6 is 0 Å². The van der Waals surface area contributed by atoms with E-state index in [1.165, 1.54) is 13.0 Å². The fourth-order valence-electron chi connectivity index (χ4n) is 1.35. The molecule has 1 rings (SSSR count). The van der Waals surface area contributed by atoms with E-state index < -0.39 is 17.5 Å². The number of carbonyl (C=O) groups is 1. The van der Waals surface area contributed by atoms with E-state index in [0.29, 0.717) is 12.1 Å². The zero-order valence-electron chi connectivity index (χ0n) is 9.94. The van der Waals surface area contributed by atoms with Gasteiger partial charge in [0.1, 0.15) is 11.5 Å². The van der Waals surface area contributed by atoms with Crippen LogP contribution in [0.3, 0.4) is 0 Å². The van der Waals surface area contributed by atoms with Crippen molar-refractivity contribution in [1.82, 2.24) is 5.32 Å². The summed E-state index contributed by atoms with van der Waals surface area (Å²) in [4.78, 5) is 11.4. The fourth-order valence-corrected chi connectivity index (χ4v) is 1.35. The van der Waals surface area contributed by atoms with Crippen LogP contribution in [0.5, 0.6) is 0 Å². The third-order valence-electron chi connectivity index (χ3n) is 2.33. The van der Waals surface area contributed by atoms with Gasteiger partial charge in [-0.25, -0.2) is 8.78 Å². The SMILES string of the molecule is CCNCCC(=O)Nc1c(F)ccc(C)c1F. The van der Waals surface area contributed by atoms with Gasteiger partial charge in [0.05, 0.1) is 0 Å². The number of anilines is 1. The van der Waals surface area contributed by atoms with Crippen molar-refractivity contribution in [2.45, 2.75) is 20.3 Å². The van der Waals surface area contributed by atoms with Crippen molar-refractivity contribution in [1.29, 1.82) is 0 Å². The number of benzene rings is 1. The first kappa shape index (κ1) is 13.6. The largest absolute Gasteiger partial charge is 0.321 e. The van der Waals surface area contributed by atoms with E-state index in [2.05, 4.69) is 10.6 Å². The summed E-state index contributed by atoms with van der Waals surface area (Å²) in [5.41, 5.74) is -0.0696. The maximum atomic E-state index is 13.5. The van der Waals surface area contributed by atoms with E-state index in [4.69, 9.17) is 0 Å². The van der Waals surface area contributed by atoms with Crippen LogP contribution in [0.25, 0.3) is 0 Å². The van der Waals surface area contributed by atoms with Gasteiger partial charge in [-0.15, -0.1) is 0 Å². The Hall–Kier alpha value is -1.49. The third-order valence-corrected chi connectivity index (χ3v) is 2.33. The highest BCUT2D eigenvalue weighted by Gasteiger charge is 2.13. The molecule has 0 aromatic heterocycles. The Morgan fingerprint density at radius 2 is 2.06 bits per heavy atom. The molecule has 94 valence electrons. The molecule has 17 heavy (non-hydrogen) atoms. The van der Waals surface area contributed by atoms with Crippen molar-refractivity contribution in [3.63, 3.8) is 0 Å². The first-order valence-corrected chi connectivity index (χ1v) is 5.51. The summed E-state index contributed by atoms with van der Waals surface area (Å²) < 4.78 is 26.8. The van der Waals surface area contributed by atoms with E-state index in [1.54, 1.807) is 0 Å². The number of halogens is 2. The topological polar surface area (TPSA) is 41.1 Å². The molecule has 0 fully saturated rings. The molecule has 0 heterocycles. The molecule has 0 aliphatic carbocycles. The van der Waals surface area contributed by atoms with Crippen molar-refractivity contribution in [2.24, 2.45) is 0 Å². The Morgan fingerprint density at radius 3 is 2.71 bits per heavy atom. The first-order valence-electron chi connectivity index (χ1n) is 5.51. The van der Waals surface area contributed by atoms with E-state index in [1.807, 2.05) is 6.92 Å². The van der Waals surface area contributed by atoms with E-state index in [9.17, 15) is 13.6 Å². The van der Waals surface area contributed by atoms with E-state index >= 15 is 0 Å². The highest BCUT2D eigenvalue weighted by molar-refractivity contribution is 5.91. The molecule has 0 spiro atoms. The lowest BCUT2D eigenvalue weighted by atomic mass is 10.2. The molecule has 0 unspecified atom stereocenters. The quantitative estimate of drug-likeness (QED) is 0.777. The maximum Gasteiger partial charge on any atom is 0.225 e. The molecular formula is C12H16F2N2O. The first-order chi connectivity index (χ1) is 8.06. The van der Waals surface area contributed by atoms with Gasteiger partial charge < -0.3 is 10.6 Å². The molecule has 0 bridgehead atoms. The number of amides is 1. The van der Waals surface area contributed by atoms with Crippen LogP contribution < -0.4 is 10.6 Å². The lowest BCUT2D eigenvalue weighted by Crippen LogP contribution is -2.22. The van der Waals surface area contributed by atoms with Crippen molar-refractivity contribution < 1.29 is 13.6 Å². The lowest BCUT2D eigenvalue weighted by molar-refractivity contribution is -0.116. The predicted octanol–water partition coefficient (Wildman–Crippen LogP) is 2.21. The molecule has 0 radical (unpaired) electrons. The van der Waals surface area contributed by atoms with Gasteiger partial charge in [-0.3, -0.25) is 4.79 Å². The molecule has 0 saturated carbocycles. The van der Waals surface area contributed by atoms with Gasteiger partial charge in [-0.05, 0) is 25.1 Å². The Morgan fingerprint density at radius 1 is 1.35 bits per heavy atom. The summed E-state index contributed by atoms with van der Waals surface area (Å²) in [6.07, 6.45) is 0.181. The molecule has 2 N–H and O–H groups in total. The second kappa shape index (κ2) is 6.30. The summed E-state index contributed by atoms with van der Waals surface area (Å²) in [6.45, 7) is 4.67. The second-order valence-electron chi connectivity index (χ2n) is 3.70. The minimum Gasteiger partial charge on any atom is -0.321 e. The molecular weight excluding hydrogens is 226 g/mol. The number of nitrogens with one attached hydrogen (secondary N) is 2. The van der Waals surface area contributed by atoms with Crippen LogP contribution in [0, 0.1) is 18.6 Å². The van der Waals surface area contributed by atoms with Gasteiger partial charge in [0, 0.05) is 13.0 Å². The normalized spacial score (nSPS) is 10.4. The molecule has 0 aliphatic heterocycles. The number of hydrogen-bond acceptors (Lipinski definition) is 2. The van der Waals surface area contributed by atoms with Crippen molar-refractivity contribution in [2.75, 3.05) is 18.4 Å². The Kier molecular flexibility index (Phi) is 5.03. The minimum absolute atomic E-state index is 0.181. The number of carbonyl (C=O) groups excluding carboxylic acids is 1. The highest BCUT2D eigenvalue weighted by atomic mass is 19.1. The van der Waals surface area contributed by atoms with Gasteiger partial charge in [0.15, 0.2) is 5.82 Å². The average molecular weight is 242 g/mol. The molecule has 5 heteroatoms. The third kappa shape index (κ3) is 3.78. The number of rotatable bonds is 5. The number of hydrogen-bond donors (Lipinski definition) is 2. The van der Waals surface area contributed by atoms with Crippen LogP contribution in [-0.2, 0) is 4.79 Å². The van der Waals surface area contributed by atoms with Gasteiger partial charge in [-0.2, -0.15) is 0 Å². The Balaban J connectivity index is 2.68. The van der Waals surface area contributed by atoms with Crippen LogP contribution in [0.4, 0.5) is 14.5 Å². The van der Waals surface area contributed by atoms with Crippen molar-refractivity contribution in [3.05, 3.63) is 29.3 Å². The van der Waals surface area contributed by atoms with Crippen LogP contribution in [0.15, 0.2) is 12.1 Å².